The summed E-state index contributed by atoms with van der Waals surface area (Å²) in [4.78, 5) is 23.5. The van der Waals surface area contributed by atoms with Crippen LogP contribution in [0.1, 0.15) is 12.5 Å². The van der Waals surface area contributed by atoms with E-state index in [9.17, 15) is 9.59 Å². The summed E-state index contributed by atoms with van der Waals surface area (Å²) in [5.74, 6) is -1.04. The van der Waals surface area contributed by atoms with Crippen molar-refractivity contribution in [1.29, 1.82) is 0 Å². The molecule has 0 fully saturated rings. The molecule has 1 aromatic heterocycles. The minimum absolute atomic E-state index is 0.388. The summed E-state index contributed by atoms with van der Waals surface area (Å²) in [6.45, 7) is 1.90. The van der Waals surface area contributed by atoms with E-state index in [0.717, 1.165) is 5.56 Å². The van der Waals surface area contributed by atoms with Crippen molar-refractivity contribution in [3.8, 4) is 0 Å². The van der Waals surface area contributed by atoms with Gasteiger partial charge in [0.25, 0.3) is 0 Å². The molecule has 2 amide bonds. The number of nitrogens with one attached hydrogen (secondary N) is 1. The summed E-state index contributed by atoms with van der Waals surface area (Å²) in [5.41, 5.74) is 1.03. The number of carbonyl (C=O) groups is 2. The number of hydrogen-bond donors (Lipinski definition) is 2. The number of hydrogen-bond acceptors (Lipinski definition) is 3. The van der Waals surface area contributed by atoms with Gasteiger partial charge in [0, 0.05) is 13.6 Å². The zero-order valence-electron chi connectivity index (χ0n) is 9.14. The van der Waals surface area contributed by atoms with Crippen molar-refractivity contribution in [1.82, 2.24) is 10.2 Å². The Kier molecular flexibility index (Phi) is 4.30. The molecule has 0 aliphatic carbocycles. The number of amides is 2. The fourth-order valence-electron chi connectivity index (χ4n) is 1.09. The molecule has 5 nitrogen and oxygen atoms in total. The van der Waals surface area contributed by atoms with Crippen LogP contribution in [0.3, 0.4) is 0 Å². The molecule has 0 saturated carbocycles. The van der Waals surface area contributed by atoms with Gasteiger partial charge in [0.15, 0.2) is 0 Å². The smallest absolute Gasteiger partial charge is 0.325 e. The van der Waals surface area contributed by atoms with Crippen LogP contribution in [0.15, 0.2) is 16.8 Å². The molecule has 0 saturated heterocycles. The van der Waals surface area contributed by atoms with Crippen LogP contribution in [-0.4, -0.2) is 35.1 Å². The maximum Gasteiger partial charge on any atom is 0.325 e. The summed E-state index contributed by atoms with van der Waals surface area (Å²) in [6.07, 6.45) is 0. The number of thiophene rings is 1. The van der Waals surface area contributed by atoms with Gasteiger partial charge in [-0.25, -0.2) is 4.79 Å². The van der Waals surface area contributed by atoms with Gasteiger partial charge < -0.3 is 15.3 Å². The van der Waals surface area contributed by atoms with Crippen molar-refractivity contribution >= 4 is 23.3 Å². The van der Waals surface area contributed by atoms with Gasteiger partial charge in [0.2, 0.25) is 0 Å². The van der Waals surface area contributed by atoms with Gasteiger partial charge in [-0.1, -0.05) is 0 Å². The SMILES string of the molecule is C[C@@H](NC(=O)N(C)Cc1ccsc1)C(=O)O. The highest BCUT2D eigenvalue weighted by molar-refractivity contribution is 7.07. The van der Waals surface area contributed by atoms with Gasteiger partial charge in [0.1, 0.15) is 6.04 Å². The highest BCUT2D eigenvalue weighted by atomic mass is 32.1. The topological polar surface area (TPSA) is 69.6 Å². The van der Waals surface area contributed by atoms with Gasteiger partial charge >= 0.3 is 12.0 Å². The molecule has 0 aromatic carbocycles. The first kappa shape index (κ1) is 12.5. The van der Waals surface area contributed by atoms with Gasteiger partial charge in [-0.15, -0.1) is 0 Å². The predicted octanol–water partition coefficient (Wildman–Crippen LogP) is 1.36. The summed E-state index contributed by atoms with van der Waals surface area (Å²) < 4.78 is 0. The average Bonchev–Trinajstić information content (AvgIpc) is 2.69. The van der Waals surface area contributed by atoms with E-state index in [-0.39, 0.29) is 6.03 Å². The quantitative estimate of drug-likeness (QED) is 0.837. The maximum absolute atomic E-state index is 11.5. The molecule has 6 heteroatoms. The molecule has 16 heavy (non-hydrogen) atoms. The van der Waals surface area contributed by atoms with Crippen LogP contribution in [0.5, 0.6) is 0 Å². The lowest BCUT2D eigenvalue weighted by Crippen LogP contribution is -2.44. The number of carboxylic acid groups (broad SMARTS) is 1. The molecule has 2 N–H and O–H groups in total. The normalized spacial score (nSPS) is 11.9. The van der Waals surface area contributed by atoms with Gasteiger partial charge in [-0.05, 0) is 29.3 Å². The predicted molar refractivity (Wildman–Crippen MR) is 61.4 cm³/mol. The van der Waals surface area contributed by atoms with E-state index in [1.807, 2.05) is 16.8 Å². The number of nitrogens with zero attached hydrogens (tertiary/aromatic N) is 1. The van der Waals surface area contributed by atoms with Crippen LogP contribution in [0.2, 0.25) is 0 Å². The van der Waals surface area contributed by atoms with Gasteiger partial charge in [0.05, 0.1) is 0 Å². The van der Waals surface area contributed by atoms with Crippen LogP contribution in [0, 0.1) is 0 Å². The lowest BCUT2D eigenvalue weighted by atomic mass is 10.3. The van der Waals surface area contributed by atoms with Crippen LogP contribution in [0.25, 0.3) is 0 Å². The molecule has 0 aliphatic heterocycles. The van der Waals surface area contributed by atoms with Crippen LogP contribution < -0.4 is 5.32 Å². The number of urea groups is 1. The maximum atomic E-state index is 11.5. The van der Waals surface area contributed by atoms with Gasteiger partial charge in [-0.2, -0.15) is 11.3 Å². The molecule has 88 valence electrons. The van der Waals surface area contributed by atoms with Crippen LogP contribution >= 0.6 is 11.3 Å². The Bertz CT molecular complexity index is 364. The lowest BCUT2D eigenvalue weighted by molar-refractivity contribution is -0.138. The molecular weight excluding hydrogens is 228 g/mol. The molecule has 1 heterocycles. The third-order valence-corrected chi connectivity index (χ3v) is 2.79. The molecule has 0 spiro atoms. The number of rotatable bonds is 4. The molecule has 0 aliphatic rings. The highest BCUT2D eigenvalue weighted by Gasteiger charge is 2.16. The summed E-state index contributed by atoms with van der Waals surface area (Å²) in [5, 5.41) is 14.9. The first-order chi connectivity index (χ1) is 7.50. The second kappa shape index (κ2) is 5.50. The fourth-order valence-corrected chi connectivity index (χ4v) is 1.75. The van der Waals surface area contributed by atoms with E-state index in [1.165, 1.54) is 11.8 Å². The summed E-state index contributed by atoms with van der Waals surface area (Å²) >= 11 is 1.56. The Morgan fingerprint density at radius 1 is 1.62 bits per heavy atom. The monoisotopic (exact) mass is 242 g/mol. The Morgan fingerprint density at radius 3 is 2.81 bits per heavy atom. The van der Waals surface area contributed by atoms with E-state index in [4.69, 9.17) is 5.11 Å². The van der Waals surface area contributed by atoms with Crippen LogP contribution in [-0.2, 0) is 11.3 Å². The minimum Gasteiger partial charge on any atom is -0.480 e. The van der Waals surface area contributed by atoms with E-state index in [2.05, 4.69) is 5.32 Å². The molecule has 0 bridgehead atoms. The van der Waals surface area contributed by atoms with E-state index < -0.39 is 12.0 Å². The zero-order chi connectivity index (χ0) is 12.1. The van der Waals surface area contributed by atoms with Crippen molar-refractivity contribution in [3.63, 3.8) is 0 Å². The molecule has 1 rings (SSSR count). The molecular formula is C10H14N2O3S. The molecule has 1 atom stereocenters. The number of carboxylic acids is 1. The van der Waals surface area contributed by atoms with E-state index in [1.54, 1.807) is 18.4 Å². The van der Waals surface area contributed by atoms with Crippen molar-refractivity contribution < 1.29 is 14.7 Å². The van der Waals surface area contributed by atoms with Crippen molar-refractivity contribution in [2.45, 2.75) is 19.5 Å². The number of aliphatic carboxylic acids is 1. The third-order valence-electron chi connectivity index (χ3n) is 2.06. The molecule has 1 aromatic rings. The van der Waals surface area contributed by atoms with E-state index >= 15 is 0 Å². The Hall–Kier alpha value is -1.56. The third kappa shape index (κ3) is 3.54. The standard InChI is InChI=1S/C10H14N2O3S/c1-7(9(13)14)11-10(15)12(2)5-8-3-4-16-6-8/h3-4,6-7H,5H2,1-2H3,(H,11,15)(H,13,14)/t7-/m1/s1. The highest BCUT2D eigenvalue weighted by Crippen LogP contribution is 2.08. The Balaban J connectivity index is 2.45. The second-order valence-electron chi connectivity index (χ2n) is 3.50. The Labute approximate surface area is 97.7 Å². The van der Waals surface area contributed by atoms with Crippen molar-refractivity contribution in [2.75, 3.05) is 7.05 Å². The largest absolute Gasteiger partial charge is 0.480 e. The summed E-state index contributed by atoms with van der Waals surface area (Å²) in [7, 11) is 1.63. The fraction of sp³-hybridized carbons (Fsp3) is 0.400. The van der Waals surface area contributed by atoms with Crippen LogP contribution in [0.4, 0.5) is 4.79 Å². The average molecular weight is 242 g/mol. The Morgan fingerprint density at radius 2 is 2.31 bits per heavy atom. The van der Waals surface area contributed by atoms with Crippen molar-refractivity contribution in [3.05, 3.63) is 22.4 Å². The number of carbonyl (C=O) groups excluding carboxylic acids is 1. The second-order valence-corrected chi connectivity index (χ2v) is 4.28. The first-order valence-electron chi connectivity index (χ1n) is 4.76. The first-order valence-corrected chi connectivity index (χ1v) is 5.70. The van der Waals surface area contributed by atoms with Crippen molar-refractivity contribution in [2.24, 2.45) is 0 Å². The van der Waals surface area contributed by atoms with Gasteiger partial charge in [-0.3, -0.25) is 4.79 Å². The zero-order valence-corrected chi connectivity index (χ0v) is 9.95. The molecule has 0 radical (unpaired) electrons. The lowest BCUT2D eigenvalue weighted by Gasteiger charge is -2.19. The van der Waals surface area contributed by atoms with E-state index in [0.29, 0.717) is 6.54 Å². The summed E-state index contributed by atoms with van der Waals surface area (Å²) in [6, 6.07) is 0.660. The molecule has 0 unspecified atom stereocenters. The minimum atomic E-state index is -1.04.